The summed E-state index contributed by atoms with van der Waals surface area (Å²) in [4.78, 5) is 4.09. The maximum Gasteiger partial charge on any atom is 0.387 e. The highest BCUT2D eigenvalue weighted by Crippen LogP contribution is 2.05. The van der Waals surface area contributed by atoms with Crippen molar-refractivity contribution in [2.24, 2.45) is 0 Å². The first-order valence-electron chi connectivity index (χ1n) is 5.80. The van der Waals surface area contributed by atoms with E-state index in [1.807, 2.05) is 38.2 Å². The minimum Gasteiger partial charge on any atom is -0.441 e. The van der Waals surface area contributed by atoms with Crippen LogP contribution < -0.4 is 9.30 Å². The molecule has 0 saturated carbocycles. The molecule has 0 amide bonds. The van der Waals surface area contributed by atoms with Crippen LogP contribution in [0.2, 0.25) is 0 Å². The van der Waals surface area contributed by atoms with Gasteiger partial charge in [-0.3, -0.25) is 0 Å². The van der Waals surface area contributed by atoms with Gasteiger partial charge in [-0.1, -0.05) is 30.3 Å². The molecule has 1 aromatic carbocycles. The fourth-order valence-electron chi connectivity index (χ4n) is 1.62. The van der Waals surface area contributed by atoms with Crippen LogP contribution >= 0.6 is 0 Å². The van der Waals surface area contributed by atoms with E-state index >= 15 is 0 Å². The third kappa shape index (κ3) is 3.28. The Morgan fingerprint density at radius 3 is 2.71 bits per heavy atom. The number of ether oxygens (including phenoxy) is 1. The van der Waals surface area contributed by atoms with Crippen molar-refractivity contribution >= 4 is 0 Å². The Hall–Kier alpha value is -1.90. The highest BCUT2D eigenvalue weighted by Gasteiger charge is 2.13. The number of hydrogen-bond donors (Lipinski definition) is 0. The molecule has 1 aromatic heterocycles. The van der Waals surface area contributed by atoms with Gasteiger partial charge in [0.15, 0.2) is 12.7 Å². The minimum absolute atomic E-state index is 0.154. The molecule has 0 unspecified atom stereocenters. The molecular weight excluding hydrogens is 212 g/mol. The predicted molar refractivity (Wildman–Crippen MR) is 65.7 cm³/mol. The lowest BCUT2D eigenvalue weighted by atomic mass is 10.2. The summed E-state index contributed by atoms with van der Waals surface area (Å²) in [7, 11) is 0. The van der Waals surface area contributed by atoms with Gasteiger partial charge >= 0.3 is 5.88 Å². The molecule has 0 atom stereocenters. The van der Waals surface area contributed by atoms with Crippen molar-refractivity contribution in [3.8, 4) is 5.88 Å². The standard InChI is InChI=1S/C14H17N2O/c1-12(2)17-14-10-15-8-9-16(14)11-13-6-4-3-5-7-13/h3-10,12H,11H2,1-2H3/q+1. The van der Waals surface area contributed by atoms with Crippen LogP contribution in [0.1, 0.15) is 19.4 Å². The molecule has 0 aliphatic carbocycles. The highest BCUT2D eigenvalue weighted by atomic mass is 16.5. The van der Waals surface area contributed by atoms with E-state index in [0.29, 0.717) is 0 Å². The lowest BCUT2D eigenvalue weighted by Gasteiger charge is -2.07. The molecule has 0 N–H and O–H groups in total. The molecular formula is C14H17N2O+. The lowest BCUT2D eigenvalue weighted by molar-refractivity contribution is -0.694. The van der Waals surface area contributed by atoms with E-state index in [4.69, 9.17) is 4.74 Å². The van der Waals surface area contributed by atoms with Gasteiger partial charge in [0, 0.05) is 5.56 Å². The Bertz CT molecular complexity index is 469. The van der Waals surface area contributed by atoms with Crippen LogP contribution in [0.25, 0.3) is 0 Å². The van der Waals surface area contributed by atoms with Gasteiger partial charge in [0.1, 0.15) is 6.20 Å². The first-order chi connectivity index (χ1) is 8.25. The van der Waals surface area contributed by atoms with Gasteiger partial charge in [-0.2, -0.15) is 4.57 Å². The normalized spacial score (nSPS) is 10.5. The van der Waals surface area contributed by atoms with Crippen molar-refractivity contribution in [3.05, 3.63) is 54.5 Å². The number of rotatable bonds is 4. The summed E-state index contributed by atoms with van der Waals surface area (Å²) >= 11 is 0. The first-order valence-corrected chi connectivity index (χ1v) is 5.80. The van der Waals surface area contributed by atoms with Crippen LogP contribution in [-0.4, -0.2) is 11.1 Å². The molecule has 0 fully saturated rings. The third-order valence-electron chi connectivity index (χ3n) is 2.35. The molecule has 1 heterocycles. The monoisotopic (exact) mass is 229 g/mol. The molecule has 2 aromatic rings. The zero-order valence-electron chi connectivity index (χ0n) is 10.2. The van der Waals surface area contributed by atoms with Gasteiger partial charge in [0.2, 0.25) is 0 Å². The quantitative estimate of drug-likeness (QED) is 0.751. The van der Waals surface area contributed by atoms with E-state index in [9.17, 15) is 0 Å². The van der Waals surface area contributed by atoms with Gasteiger partial charge in [-0.15, -0.1) is 0 Å². The molecule has 0 bridgehead atoms. The summed E-state index contributed by atoms with van der Waals surface area (Å²) in [5.74, 6) is 0.798. The van der Waals surface area contributed by atoms with Crippen LogP contribution in [-0.2, 0) is 6.54 Å². The van der Waals surface area contributed by atoms with Crippen molar-refractivity contribution < 1.29 is 9.30 Å². The van der Waals surface area contributed by atoms with E-state index in [-0.39, 0.29) is 6.10 Å². The summed E-state index contributed by atoms with van der Waals surface area (Å²) in [5.41, 5.74) is 1.25. The molecule has 88 valence electrons. The number of aromatic nitrogens is 2. The Balaban J connectivity index is 2.20. The second-order valence-electron chi connectivity index (χ2n) is 4.19. The van der Waals surface area contributed by atoms with E-state index in [0.717, 1.165) is 12.4 Å². The summed E-state index contributed by atoms with van der Waals surface area (Å²) in [6.07, 6.45) is 5.62. The smallest absolute Gasteiger partial charge is 0.387 e. The van der Waals surface area contributed by atoms with Gasteiger partial charge in [0.05, 0.1) is 12.3 Å². The lowest BCUT2D eigenvalue weighted by Crippen LogP contribution is -2.37. The van der Waals surface area contributed by atoms with Crippen molar-refractivity contribution in [1.82, 2.24) is 4.98 Å². The summed E-state index contributed by atoms with van der Waals surface area (Å²) < 4.78 is 7.78. The van der Waals surface area contributed by atoms with Gasteiger partial charge in [0.25, 0.3) is 0 Å². The van der Waals surface area contributed by atoms with Crippen molar-refractivity contribution in [3.63, 3.8) is 0 Å². The van der Waals surface area contributed by atoms with Crippen molar-refractivity contribution in [2.75, 3.05) is 0 Å². The zero-order chi connectivity index (χ0) is 12.1. The van der Waals surface area contributed by atoms with Gasteiger partial charge < -0.3 is 4.74 Å². The molecule has 3 heteroatoms. The molecule has 3 nitrogen and oxygen atoms in total. The maximum absolute atomic E-state index is 5.72. The number of hydrogen-bond acceptors (Lipinski definition) is 2. The fraction of sp³-hybridized carbons (Fsp3) is 0.286. The molecule has 0 aliphatic heterocycles. The predicted octanol–water partition coefficient (Wildman–Crippen LogP) is 2.20. The number of benzene rings is 1. The molecule has 0 saturated heterocycles. The van der Waals surface area contributed by atoms with E-state index in [1.54, 1.807) is 12.4 Å². The Kier molecular flexibility index (Phi) is 3.70. The van der Waals surface area contributed by atoms with Crippen LogP contribution in [0.15, 0.2) is 48.9 Å². The second kappa shape index (κ2) is 5.43. The van der Waals surface area contributed by atoms with E-state index < -0.39 is 0 Å². The minimum atomic E-state index is 0.154. The largest absolute Gasteiger partial charge is 0.441 e. The fourth-order valence-corrected chi connectivity index (χ4v) is 1.62. The van der Waals surface area contributed by atoms with Gasteiger partial charge in [-0.25, -0.2) is 4.98 Å². The third-order valence-corrected chi connectivity index (χ3v) is 2.35. The van der Waals surface area contributed by atoms with E-state index in [2.05, 4.69) is 21.7 Å². The average molecular weight is 229 g/mol. The van der Waals surface area contributed by atoms with Gasteiger partial charge in [-0.05, 0) is 13.8 Å². The summed E-state index contributed by atoms with van der Waals surface area (Å²) in [5, 5.41) is 0. The van der Waals surface area contributed by atoms with Crippen LogP contribution in [0.3, 0.4) is 0 Å². The van der Waals surface area contributed by atoms with Crippen LogP contribution in [0.4, 0.5) is 0 Å². The molecule has 2 rings (SSSR count). The second-order valence-corrected chi connectivity index (χ2v) is 4.19. The topological polar surface area (TPSA) is 26.0 Å². The van der Waals surface area contributed by atoms with Crippen molar-refractivity contribution in [2.45, 2.75) is 26.5 Å². The molecule has 17 heavy (non-hydrogen) atoms. The summed E-state index contributed by atoms with van der Waals surface area (Å²) in [6.45, 7) is 4.82. The average Bonchev–Trinajstić information content (AvgIpc) is 2.32. The van der Waals surface area contributed by atoms with E-state index in [1.165, 1.54) is 5.56 Å². The zero-order valence-corrected chi connectivity index (χ0v) is 10.2. The summed E-state index contributed by atoms with van der Waals surface area (Å²) in [6, 6.07) is 10.3. The highest BCUT2D eigenvalue weighted by molar-refractivity contribution is 5.13. The Morgan fingerprint density at radius 2 is 2.00 bits per heavy atom. The molecule has 0 aliphatic rings. The van der Waals surface area contributed by atoms with Crippen molar-refractivity contribution in [1.29, 1.82) is 0 Å². The molecule has 0 spiro atoms. The first kappa shape index (κ1) is 11.6. The van der Waals surface area contributed by atoms with Crippen LogP contribution in [0, 0.1) is 0 Å². The Labute approximate surface area is 102 Å². The molecule has 0 radical (unpaired) electrons. The maximum atomic E-state index is 5.72. The van der Waals surface area contributed by atoms with Crippen LogP contribution in [0.5, 0.6) is 5.88 Å². The SMILES string of the molecule is CC(C)Oc1cncc[n+]1Cc1ccccc1. The number of nitrogens with zero attached hydrogens (tertiary/aromatic N) is 2. The Morgan fingerprint density at radius 1 is 1.24 bits per heavy atom.